The summed E-state index contributed by atoms with van der Waals surface area (Å²) in [6.07, 6.45) is 6.60. The predicted molar refractivity (Wildman–Crippen MR) is 126 cm³/mol. The SMILES string of the molecule is CCCCCCn1nc(C)c2nc(N3CCN[C@H](C)C3)nc(Nc3cc(C)ccn3)c21. The summed E-state index contributed by atoms with van der Waals surface area (Å²) in [5.41, 5.74) is 3.98. The first-order valence-electron chi connectivity index (χ1n) is 11.5. The molecule has 4 rings (SSSR count). The Bertz CT molecular complexity index is 1030. The molecule has 4 heterocycles. The number of rotatable bonds is 8. The first kappa shape index (κ1) is 21.5. The number of piperazine rings is 1. The molecule has 1 atom stereocenters. The number of aryl methyl sites for hydroxylation is 3. The van der Waals surface area contributed by atoms with E-state index in [2.05, 4.69) is 46.0 Å². The van der Waals surface area contributed by atoms with Gasteiger partial charge in [0.15, 0.2) is 5.82 Å². The molecule has 31 heavy (non-hydrogen) atoms. The van der Waals surface area contributed by atoms with E-state index in [9.17, 15) is 0 Å². The fourth-order valence-corrected chi connectivity index (χ4v) is 4.14. The van der Waals surface area contributed by atoms with E-state index in [1.807, 2.05) is 25.3 Å². The van der Waals surface area contributed by atoms with Crippen molar-refractivity contribution in [1.82, 2.24) is 30.0 Å². The van der Waals surface area contributed by atoms with Crippen molar-refractivity contribution in [2.24, 2.45) is 0 Å². The molecular formula is C23H34N8. The zero-order valence-corrected chi connectivity index (χ0v) is 19.1. The molecular weight excluding hydrogens is 388 g/mol. The molecule has 1 fully saturated rings. The molecule has 0 aliphatic carbocycles. The predicted octanol–water partition coefficient (Wildman–Crippen LogP) is 3.96. The topological polar surface area (TPSA) is 83.8 Å². The van der Waals surface area contributed by atoms with Crippen LogP contribution in [0.3, 0.4) is 0 Å². The second-order valence-corrected chi connectivity index (χ2v) is 8.58. The van der Waals surface area contributed by atoms with E-state index in [4.69, 9.17) is 15.1 Å². The number of fused-ring (bicyclic) bond motifs is 1. The minimum absolute atomic E-state index is 0.408. The van der Waals surface area contributed by atoms with Crippen LogP contribution in [0, 0.1) is 13.8 Å². The Hall–Kier alpha value is -2.74. The lowest BCUT2D eigenvalue weighted by Crippen LogP contribution is -2.49. The van der Waals surface area contributed by atoms with Gasteiger partial charge in [0, 0.05) is 38.4 Å². The summed E-state index contributed by atoms with van der Waals surface area (Å²) in [6.45, 7) is 12.1. The Morgan fingerprint density at radius 3 is 2.84 bits per heavy atom. The third kappa shape index (κ3) is 4.95. The van der Waals surface area contributed by atoms with Gasteiger partial charge in [0.1, 0.15) is 16.9 Å². The van der Waals surface area contributed by atoms with Gasteiger partial charge in [0.25, 0.3) is 0 Å². The van der Waals surface area contributed by atoms with Gasteiger partial charge in [-0.1, -0.05) is 26.2 Å². The Balaban J connectivity index is 1.75. The molecule has 0 amide bonds. The first-order valence-corrected chi connectivity index (χ1v) is 11.5. The Kier molecular flexibility index (Phi) is 6.65. The lowest BCUT2D eigenvalue weighted by atomic mass is 10.2. The Morgan fingerprint density at radius 2 is 2.06 bits per heavy atom. The van der Waals surface area contributed by atoms with Crippen LogP contribution in [0.25, 0.3) is 11.0 Å². The summed E-state index contributed by atoms with van der Waals surface area (Å²) >= 11 is 0. The summed E-state index contributed by atoms with van der Waals surface area (Å²) in [5.74, 6) is 2.32. The Morgan fingerprint density at radius 1 is 1.19 bits per heavy atom. The van der Waals surface area contributed by atoms with Crippen LogP contribution in [-0.4, -0.2) is 50.4 Å². The normalized spacial score (nSPS) is 16.8. The molecule has 0 spiro atoms. The van der Waals surface area contributed by atoms with Crippen LogP contribution in [0.1, 0.15) is 50.8 Å². The molecule has 1 aliphatic rings. The lowest BCUT2D eigenvalue weighted by molar-refractivity contribution is 0.480. The van der Waals surface area contributed by atoms with Gasteiger partial charge in [-0.25, -0.2) is 9.97 Å². The molecule has 0 aromatic carbocycles. The maximum absolute atomic E-state index is 4.98. The highest BCUT2D eigenvalue weighted by molar-refractivity contribution is 5.90. The maximum atomic E-state index is 4.98. The van der Waals surface area contributed by atoms with Crippen molar-refractivity contribution in [3.05, 3.63) is 29.6 Å². The summed E-state index contributed by atoms with van der Waals surface area (Å²) in [6, 6.07) is 4.44. The molecule has 0 unspecified atom stereocenters. The highest BCUT2D eigenvalue weighted by Gasteiger charge is 2.23. The molecule has 166 valence electrons. The van der Waals surface area contributed by atoms with E-state index >= 15 is 0 Å². The monoisotopic (exact) mass is 422 g/mol. The molecule has 3 aromatic rings. The van der Waals surface area contributed by atoms with Gasteiger partial charge in [-0.3, -0.25) is 4.68 Å². The van der Waals surface area contributed by atoms with Crippen molar-refractivity contribution in [1.29, 1.82) is 0 Å². The summed E-state index contributed by atoms with van der Waals surface area (Å²) in [4.78, 5) is 16.7. The zero-order valence-electron chi connectivity index (χ0n) is 19.1. The molecule has 1 aliphatic heterocycles. The van der Waals surface area contributed by atoms with E-state index < -0.39 is 0 Å². The number of hydrogen-bond acceptors (Lipinski definition) is 7. The average Bonchev–Trinajstić information content (AvgIpc) is 3.07. The fraction of sp³-hybridized carbons (Fsp3) is 0.565. The number of anilines is 3. The third-order valence-electron chi connectivity index (χ3n) is 5.78. The van der Waals surface area contributed by atoms with Crippen LogP contribution >= 0.6 is 0 Å². The van der Waals surface area contributed by atoms with Gasteiger partial charge >= 0.3 is 0 Å². The molecule has 1 saturated heterocycles. The van der Waals surface area contributed by atoms with Crippen LogP contribution in [0.2, 0.25) is 0 Å². The van der Waals surface area contributed by atoms with Crippen LogP contribution in [-0.2, 0) is 6.54 Å². The zero-order chi connectivity index (χ0) is 21.8. The molecule has 0 saturated carbocycles. The minimum atomic E-state index is 0.408. The van der Waals surface area contributed by atoms with E-state index in [1.54, 1.807) is 0 Å². The second kappa shape index (κ2) is 9.60. The van der Waals surface area contributed by atoms with Crippen molar-refractivity contribution in [2.45, 2.75) is 66.0 Å². The highest BCUT2D eigenvalue weighted by atomic mass is 15.3. The lowest BCUT2D eigenvalue weighted by Gasteiger charge is -2.32. The van der Waals surface area contributed by atoms with Crippen LogP contribution in [0.15, 0.2) is 18.3 Å². The van der Waals surface area contributed by atoms with Crippen molar-refractivity contribution < 1.29 is 0 Å². The van der Waals surface area contributed by atoms with Crippen molar-refractivity contribution in [3.63, 3.8) is 0 Å². The van der Waals surface area contributed by atoms with Gasteiger partial charge in [-0.15, -0.1) is 0 Å². The van der Waals surface area contributed by atoms with Crippen molar-refractivity contribution in [3.8, 4) is 0 Å². The largest absolute Gasteiger partial charge is 0.338 e. The molecule has 2 N–H and O–H groups in total. The number of nitrogens with zero attached hydrogens (tertiary/aromatic N) is 6. The maximum Gasteiger partial charge on any atom is 0.228 e. The van der Waals surface area contributed by atoms with Crippen LogP contribution in [0.4, 0.5) is 17.6 Å². The van der Waals surface area contributed by atoms with Crippen LogP contribution < -0.4 is 15.5 Å². The van der Waals surface area contributed by atoms with Gasteiger partial charge < -0.3 is 15.5 Å². The third-order valence-corrected chi connectivity index (χ3v) is 5.78. The molecule has 0 bridgehead atoms. The van der Waals surface area contributed by atoms with Gasteiger partial charge in [0.05, 0.1) is 5.69 Å². The first-order chi connectivity index (χ1) is 15.0. The minimum Gasteiger partial charge on any atom is -0.338 e. The van der Waals surface area contributed by atoms with E-state index in [1.165, 1.54) is 19.3 Å². The van der Waals surface area contributed by atoms with Gasteiger partial charge in [0.2, 0.25) is 5.95 Å². The fourth-order valence-electron chi connectivity index (χ4n) is 4.14. The average molecular weight is 423 g/mol. The number of unbranched alkanes of at least 4 members (excludes halogenated alkanes) is 3. The second-order valence-electron chi connectivity index (χ2n) is 8.58. The van der Waals surface area contributed by atoms with Crippen molar-refractivity contribution in [2.75, 3.05) is 29.9 Å². The number of hydrogen-bond donors (Lipinski definition) is 2. The van der Waals surface area contributed by atoms with E-state index in [-0.39, 0.29) is 0 Å². The summed E-state index contributed by atoms with van der Waals surface area (Å²) in [7, 11) is 0. The van der Waals surface area contributed by atoms with Gasteiger partial charge in [-0.2, -0.15) is 10.1 Å². The van der Waals surface area contributed by atoms with Crippen LogP contribution in [0.5, 0.6) is 0 Å². The summed E-state index contributed by atoms with van der Waals surface area (Å²) in [5, 5.41) is 11.8. The number of pyridine rings is 1. The molecule has 8 nitrogen and oxygen atoms in total. The number of aromatic nitrogens is 5. The standard InChI is InChI=1S/C23H34N8/c1-5-6-7-8-12-31-21-20(18(4)29-31)27-23(30-13-11-24-17(3)15-30)28-22(21)26-19-14-16(2)9-10-25-19/h9-10,14,17,24H,5-8,11-13,15H2,1-4H3,(H,25,26,27,28)/t17-/m1/s1. The van der Waals surface area contributed by atoms with Gasteiger partial charge in [-0.05, 0) is 44.9 Å². The number of nitrogens with one attached hydrogen (secondary N) is 2. The molecule has 3 aromatic heterocycles. The molecule has 0 radical (unpaired) electrons. The summed E-state index contributed by atoms with van der Waals surface area (Å²) < 4.78 is 2.07. The van der Waals surface area contributed by atoms with E-state index in [0.29, 0.717) is 6.04 Å². The quantitative estimate of drug-likeness (QED) is 0.532. The Labute approximate surface area is 184 Å². The smallest absolute Gasteiger partial charge is 0.228 e. The molecule has 8 heteroatoms. The highest BCUT2D eigenvalue weighted by Crippen LogP contribution is 2.29. The van der Waals surface area contributed by atoms with Crippen molar-refractivity contribution >= 4 is 28.6 Å². The van der Waals surface area contributed by atoms with E-state index in [0.717, 1.165) is 72.5 Å².